The summed E-state index contributed by atoms with van der Waals surface area (Å²) in [7, 11) is 1.79. The normalized spacial score (nSPS) is 10.8. The Labute approximate surface area is 81.1 Å². The standard InChI is InChI=1S/C11H11FN2/c1-7-6-14(2)11(13)10-5-8(12)3-4-9(7)10/h3-6,13H,1-2H3. The number of hydrogen-bond donors (Lipinski definition) is 1. The summed E-state index contributed by atoms with van der Waals surface area (Å²) >= 11 is 0. The van der Waals surface area contributed by atoms with Crippen molar-refractivity contribution in [2.45, 2.75) is 6.92 Å². The zero-order valence-corrected chi connectivity index (χ0v) is 8.13. The molecule has 2 nitrogen and oxygen atoms in total. The molecular weight excluding hydrogens is 179 g/mol. The van der Waals surface area contributed by atoms with Gasteiger partial charge in [0.2, 0.25) is 0 Å². The molecule has 0 unspecified atom stereocenters. The Morgan fingerprint density at radius 2 is 2.00 bits per heavy atom. The van der Waals surface area contributed by atoms with Crippen LogP contribution in [0.4, 0.5) is 4.39 Å². The van der Waals surface area contributed by atoms with E-state index in [0.717, 1.165) is 10.9 Å². The molecule has 0 spiro atoms. The molecule has 1 aromatic carbocycles. The van der Waals surface area contributed by atoms with Crippen LogP contribution in [0.15, 0.2) is 24.4 Å². The van der Waals surface area contributed by atoms with E-state index in [1.807, 2.05) is 13.1 Å². The second-order valence-corrected chi connectivity index (χ2v) is 3.46. The van der Waals surface area contributed by atoms with Crippen LogP contribution in [0.1, 0.15) is 5.56 Å². The molecule has 0 radical (unpaired) electrons. The van der Waals surface area contributed by atoms with Gasteiger partial charge in [0, 0.05) is 18.6 Å². The quantitative estimate of drug-likeness (QED) is 0.659. The third-order valence-corrected chi connectivity index (χ3v) is 2.40. The van der Waals surface area contributed by atoms with Gasteiger partial charge in [-0.1, -0.05) is 6.07 Å². The number of aromatic nitrogens is 1. The van der Waals surface area contributed by atoms with Crippen LogP contribution in [-0.4, -0.2) is 4.57 Å². The summed E-state index contributed by atoms with van der Waals surface area (Å²) in [5.74, 6) is -0.295. The van der Waals surface area contributed by atoms with Gasteiger partial charge in [0.1, 0.15) is 11.3 Å². The molecule has 0 atom stereocenters. The first-order valence-corrected chi connectivity index (χ1v) is 4.39. The number of hydrogen-bond acceptors (Lipinski definition) is 1. The van der Waals surface area contributed by atoms with Gasteiger partial charge in [-0.3, -0.25) is 5.41 Å². The van der Waals surface area contributed by atoms with E-state index in [-0.39, 0.29) is 5.82 Å². The third-order valence-electron chi connectivity index (χ3n) is 2.40. The van der Waals surface area contributed by atoms with Crippen LogP contribution in [0.25, 0.3) is 10.8 Å². The Hall–Kier alpha value is -1.64. The van der Waals surface area contributed by atoms with E-state index in [0.29, 0.717) is 10.9 Å². The summed E-state index contributed by atoms with van der Waals surface area (Å²) in [6, 6.07) is 4.55. The molecule has 2 aromatic rings. The van der Waals surface area contributed by atoms with Crippen LogP contribution < -0.4 is 5.49 Å². The Morgan fingerprint density at radius 1 is 1.29 bits per heavy atom. The SMILES string of the molecule is Cc1cn(C)c(=N)c2cc(F)ccc12. The van der Waals surface area contributed by atoms with Crippen LogP contribution in [0, 0.1) is 18.2 Å². The van der Waals surface area contributed by atoms with Gasteiger partial charge in [0.05, 0.1) is 0 Å². The van der Waals surface area contributed by atoms with Crippen molar-refractivity contribution in [3.8, 4) is 0 Å². The fourth-order valence-corrected chi connectivity index (χ4v) is 1.67. The van der Waals surface area contributed by atoms with Gasteiger partial charge in [0.15, 0.2) is 0 Å². The fourth-order valence-electron chi connectivity index (χ4n) is 1.67. The molecule has 2 rings (SSSR count). The van der Waals surface area contributed by atoms with E-state index in [1.54, 1.807) is 17.7 Å². The first-order valence-electron chi connectivity index (χ1n) is 4.39. The van der Waals surface area contributed by atoms with Crippen molar-refractivity contribution in [3.63, 3.8) is 0 Å². The number of halogens is 1. The van der Waals surface area contributed by atoms with E-state index in [2.05, 4.69) is 0 Å². The van der Waals surface area contributed by atoms with E-state index >= 15 is 0 Å². The zero-order valence-electron chi connectivity index (χ0n) is 8.13. The van der Waals surface area contributed by atoms with E-state index in [1.165, 1.54) is 12.1 Å². The van der Waals surface area contributed by atoms with Gasteiger partial charge in [-0.2, -0.15) is 0 Å². The average Bonchev–Trinajstić information content (AvgIpc) is 2.14. The molecule has 0 aliphatic carbocycles. The van der Waals surface area contributed by atoms with Crippen molar-refractivity contribution < 1.29 is 4.39 Å². The summed E-state index contributed by atoms with van der Waals surface area (Å²) in [5.41, 5.74) is 1.39. The minimum Gasteiger partial charge on any atom is -0.336 e. The highest BCUT2D eigenvalue weighted by atomic mass is 19.1. The number of benzene rings is 1. The van der Waals surface area contributed by atoms with Gasteiger partial charge in [0.25, 0.3) is 0 Å². The predicted octanol–water partition coefficient (Wildman–Crippen LogP) is 2.11. The number of nitrogens with one attached hydrogen (secondary N) is 1. The number of pyridine rings is 1. The smallest absolute Gasteiger partial charge is 0.132 e. The minimum atomic E-state index is -0.295. The summed E-state index contributed by atoms with van der Waals surface area (Å²) in [4.78, 5) is 0. The molecule has 0 bridgehead atoms. The van der Waals surface area contributed by atoms with Crippen LogP contribution in [0.5, 0.6) is 0 Å². The monoisotopic (exact) mass is 190 g/mol. The molecule has 3 heteroatoms. The number of rotatable bonds is 0. The van der Waals surface area contributed by atoms with E-state index in [9.17, 15) is 4.39 Å². The highest BCUT2D eigenvalue weighted by molar-refractivity contribution is 5.84. The molecule has 0 amide bonds. The molecule has 0 aliphatic heterocycles. The van der Waals surface area contributed by atoms with Crippen molar-refractivity contribution >= 4 is 10.8 Å². The molecule has 0 saturated carbocycles. The van der Waals surface area contributed by atoms with Gasteiger partial charge in [-0.15, -0.1) is 0 Å². The van der Waals surface area contributed by atoms with Crippen molar-refractivity contribution in [2.24, 2.45) is 7.05 Å². The molecule has 0 aliphatic rings. The molecule has 14 heavy (non-hydrogen) atoms. The van der Waals surface area contributed by atoms with Gasteiger partial charge >= 0.3 is 0 Å². The van der Waals surface area contributed by atoms with Crippen LogP contribution in [0.3, 0.4) is 0 Å². The fraction of sp³-hybridized carbons (Fsp3) is 0.182. The maximum Gasteiger partial charge on any atom is 0.132 e. The second-order valence-electron chi connectivity index (χ2n) is 3.46. The first kappa shape index (κ1) is 8.94. The highest BCUT2D eigenvalue weighted by Gasteiger charge is 2.02. The Balaban J connectivity index is 3.03. The zero-order chi connectivity index (χ0) is 10.3. The third kappa shape index (κ3) is 1.21. The van der Waals surface area contributed by atoms with Gasteiger partial charge in [-0.05, 0) is 30.0 Å². The largest absolute Gasteiger partial charge is 0.336 e. The van der Waals surface area contributed by atoms with Crippen LogP contribution in [0.2, 0.25) is 0 Å². The van der Waals surface area contributed by atoms with Crippen molar-refractivity contribution in [2.75, 3.05) is 0 Å². The highest BCUT2D eigenvalue weighted by Crippen LogP contribution is 2.15. The van der Waals surface area contributed by atoms with Gasteiger partial charge in [-0.25, -0.2) is 4.39 Å². The van der Waals surface area contributed by atoms with Crippen LogP contribution in [-0.2, 0) is 7.05 Å². The van der Waals surface area contributed by atoms with E-state index in [4.69, 9.17) is 5.41 Å². The maximum absolute atomic E-state index is 13.0. The van der Waals surface area contributed by atoms with Crippen molar-refractivity contribution in [3.05, 3.63) is 41.3 Å². The topological polar surface area (TPSA) is 28.8 Å². The summed E-state index contributed by atoms with van der Waals surface area (Å²) in [5, 5.41) is 9.38. The average molecular weight is 190 g/mol. The Bertz CT molecular complexity index is 555. The minimum absolute atomic E-state index is 0.295. The maximum atomic E-state index is 13.0. The number of fused-ring (bicyclic) bond motifs is 1. The molecule has 1 N–H and O–H groups in total. The second kappa shape index (κ2) is 2.94. The molecule has 0 fully saturated rings. The summed E-state index contributed by atoms with van der Waals surface area (Å²) in [6.45, 7) is 1.96. The van der Waals surface area contributed by atoms with Crippen molar-refractivity contribution in [1.82, 2.24) is 4.57 Å². The molecule has 0 saturated heterocycles. The lowest BCUT2D eigenvalue weighted by atomic mass is 10.1. The lowest BCUT2D eigenvalue weighted by Crippen LogP contribution is -2.17. The lowest BCUT2D eigenvalue weighted by molar-refractivity contribution is 0.629. The number of aryl methyl sites for hydroxylation is 2. The van der Waals surface area contributed by atoms with E-state index < -0.39 is 0 Å². The Morgan fingerprint density at radius 3 is 2.71 bits per heavy atom. The lowest BCUT2D eigenvalue weighted by Gasteiger charge is -2.06. The summed E-state index contributed by atoms with van der Waals surface area (Å²) in [6.07, 6.45) is 1.88. The van der Waals surface area contributed by atoms with Crippen molar-refractivity contribution in [1.29, 1.82) is 5.41 Å². The predicted molar refractivity (Wildman–Crippen MR) is 53.5 cm³/mol. The van der Waals surface area contributed by atoms with Gasteiger partial charge < -0.3 is 4.57 Å². The van der Waals surface area contributed by atoms with Crippen LogP contribution >= 0.6 is 0 Å². The molecule has 72 valence electrons. The molecule has 1 heterocycles. The molecular formula is C11H11FN2. The Kier molecular flexibility index (Phi) is 1.88. The first-order chi connectivity index (χ1) is 6.59. The molecule has 1 aromatic heterocycles. The summed E-state index contributed by atoms with van der Waals surface area (Å²) < 4.78 is 14.7. The number of nitrogens with zero attached hydrogens (tertiary/aromatic N) is 1.